The van der Waals surface area contributed by atoms with Crippen molar-refractivity contribution < 1.29 is 4.79 Å². The molecule has 150 valence electrons. The van der Waals surface area contributed by atoms with Crippen LogP contribution in [0.3, 0.4) is 0 Å². The summed E-state index contributed by atoms with van der Waals surface area (Å²) in [7, 11) is 0. The minimum absolute atomic E-state index is 0.0401. The molecular weight excluding hydrogens is 362 g/mol. The molecule has 3 N–H and O–H groups in total. The molecule has 1 saturated heterocycles. The predicted octanol–water partition coefficient (Wildman–Crippen LogP) is 4.10. The first-order chi connectivity index (χ1) is 14.2. The van der Waals surface area contributed by atoms with Gasteiger partial charge in [0.1, 0.15) is 0 Å². The Bertz CT molecular complexity index is 947. The molecule has 1 amide bonds. The van der Waals surface area contributed by atoms with Crippen LogP contribution in [-0.4, -0.2) is 34.2 Å². The maximum absolute atomic E-state index is 12.7. The third-order valence-electron chi connectivity index (χ3n) is 5.62. The van der Waals surface area contributed by atoms with E-state index in [2.05, 4.69) is 32.7 Å². The van der Waals surface area contributed by atoms with Crippen molar-refractivity contribution in [1.29, 1.82) is 0 Å². The summed E-state index contributed by atoms with van der Waals surface area (Å²) in [6, 6.07) is 17.5. The third kappa shape index (κ3) is 4.71. The van der Waals surface area contributed by atoms with Crippen LogP contribution in [0.5, 0.6) is 0 Å². The molecule has 1 fully saturated rings. The largest absolute Gasteiger partial charge is 0.325 e. The van der Waals surface area contributed by atoms with Gasteiger partial charge in [-0.15, -0.1) is 0 Å². The zero-order chi connectivity index (χ0) is 20.1. The van der Waals surface area contributed by atoms with E-state index in [9.17, 15) is 4.79 Å². The summed E-state index contributed by atoms with van der Waals surface area (Å²) in [5, 5.41) is 13.9. The number of aromatic amines is 1. The van der Waals surface area contributed by atoms with Gasteiger partial charge >= 0.3 is 0 Å². The number of aromatic nitrogens is 3. The van der Waals surface area contributed by atoms with E-state index in [-0.39, 0.29) is 5.91 Å². The van der Waals surface area contributed by atoms with Crippen LogP contribution in [0.15, 0.2) is 54.6 Å². The maximum Gasteiger partial charge on any atom is 0.224 e. The van der Waals surface area contributed by atoms with Crippen LogP contribution in [0.25, 0.3) is 22.8 Å². The van der Waals surface area contributed by atoms with Gasteiger partial charge in [-0.2, -0.15) is 5.10 Å². The van der Waals surface area contributed by atoms with Crippen molar-refractivity contribution in [2.75, 3.05) is 18.4 Å². The van der Waals surface area contributed by atoms with Crippen molar-refractivity contribution in [3.63, 3.8) is 0 Å². The van der Waals surface area contributed by atoms with Gasteiger partial charge in [-0.25, -0.2) is 4.98 Å². The molecule has 1 aliphatic heterocycles. The number of carbonyl (C=O) groups is 1. The fraction of sp³-hybridized carbons (Fsp3) is 0.348. The fourth-order valence-electron chi connectivity index (χ4n) is 3.92. The number of nitrogens with one attached hydrogen (secondary N) is 3. The molecule has 0 radical (unpaired) electrons. The Morgan fingerprint density at radius 3 is 2.76 bits per heavy atom. The first kappa shape index (κ1) is 19.3. The number of anilines is 1. The lowest BCUT2D eigenvalue weighted by molar-refractivity contribution is -0.117. The van der Waals surface area contributed by atoms with Crippen molar-refractivity contribution >= 4 is 11.6 Å². The zero-order valence-electron chi connectivity index (χ0n) is 16.7. The van der Waals surface area contributed by atoms with Crippen molar-refractivity contribution in [1.82, 2.24) is 20.5 Å². The number of hydrogen-bond acceptors (Lipinski definition) is 4. The highest BCUT2D eigenvalue weighted by Crippen LogP contribution is 2.28. The van der Waals surface area contributed by atoms with Gasteiger partial charge in [0, 0.05) is 17.5 Å². The van der Waals surface area contributed by atoms with E-state index in [0.717, 1.165) is 29.9 Å². The molecule has 1 aliphatic rings. The monoisotopic (exact) mass is 389 g/mol. The van der Waals surface area contributed by atoms with Crippen LogP contribution in [0.2, 0.25) is 0 Å². The number of H-pyrrole nitrogens is 1. The van der Waals surface area contributed by atoms with E-state index in [1.165, 1.54) is 12.8 Å². The Kier molecular flexibility index (Phi) is 6.00. The van der Waals surface area contributed by atoms with Crippen molar-refractivity contribution in [3.8, 4) is 22.8 Å². The molecule has 0 aliphatic carbocycles. The number of carbonyl (C=O) groups excluding carboxylic acids is 1. The predicted molar refractivity (Wildman–Crippen MR) is 115 cm³/mol. The van der Waals surface area contributed by atoms with Gasteiger partial charge in [-0.3, -0.25) is 9.89 Å². The zero-order valence-corrected chi connectivity index (χ0v) is 16.7. The van der Waals surface area contributed by atoms with Gasteiger partial charge in [0.25, 0.3) is 0 Å². The second kappa shape index (κ2) is 9.01. The molecule has 0 saturated carbocycles. The SMILES string of the molecule is CC(CC(=O)Nc1ccccc1-c1nc(-c2ccccc2)n[nH]1)C1CCCNC1. The highest BCUT2D eigenvalue weighted by molar-refractivity contribution is 5.94. The molecule has 29 heavy (non-hydrogen) atoms. The highest BCUT2D eigenvalue weighted by atomic mass is 16.1. The molecule has 0 spiro atoms. The first-order valence-electron chi connectivity index (χ1n) is 10.3. The summed E-state index contributed by atoms with van der Waals surface area (Å²) in [5.41, 5.74) is 2.54. The number of amides is 1. The van der Waals surface area contributed by atoms with Crippen LogP contribution in [-0.2, 0) is 4.79 Å². The molecule has 2 heterocycles. The van der Waals surface area contributed by atoms with Gasteiger partial charge in [-0.05, 0) is 49.9 Å². The minimum Gasteiger partial charge on any atom is -0.325 e. The Hall–Kier alpha value is -2.99. The Balaban J connectivity index is 1.47. The molecule has 1 aromatic heterocycles. The topological polar surface area (TPSA) is 82.7 Å². The average Bonchev–Trinajstić information content (AvgIpc) is 3.25. The van der Waals surface area contributed by atoms with Crippen LogP contribution in [0.4, 0.5) is 5.69 Å². The summed E-state index contributed by atoms with van der Waals surface area (Å²) in [4.78, 5) is 17.3. The Morgan fingerprint density at radius 1 is 1.17 bits per heavy atom. The lowest BCUT2D eigenvalue weighted by Crippen LogP contribution is -2.34. The van der Waals surface area contributed by atoms with Crippen molar-refractivity contribution in [2.45, 2.75) is 26.2 Å². The maximum atomic E-state index is 12.7. The highest BCUT2D eigenvalue weighted by Gasteiger charge is 2.22. The van der Waals surface area contributed by atoms with Gasteiger partial charge < -0.3 is 10.6 Å². The standard InChI is InChI=1S/C23H27N5O/c1-16(18-10-7-13-24-15-18)14-21(29)25-20-12-6-5-11-19(20)23-26-22(27-28-23)17-8-3-2-4-9-17/h2-6,8-9,11-12,16,18,24H,7,10,13-15H2,1H3,(H,25,29)(H,26,27,28). The van der Waals surface area contributed by atoms with E-state index in [1.54, 1.807) is 0 Å². The molecule has 2 aromatic carbocycles. The van der Waals surface area contributed by atoms with E-state index in [4.69, 9.17) is 0 Å². The van der Waals surface area contributed by atoms with E-state index in [1.807, 2.05) is 54.6 Å². The molecule has 3 aromatic rings. The Labute approximate surface area is 171 Å². The molecule has 2 atom stereocenters. The van der Waals surface area contributed by atoms with Crippen LogP contribution < -0.4 is 10.6 Å². The lowest BCUT2D eigenvalue weighted by atomic mass is 9.85. The number of hydrogen-bond donors (Lipinski definition) is 3. The summed E-state index contributed by atoms with van der Waals surface area (Å²) in [6.45, 7) is 4.27. The quantitative estimate of drug-likeness (QED) is 0.593. The smallest absolute Gasteiger partial charge is 0.224 e. The second-order valence-electron chi connectivity index (χ2n) is 7.76. The molecule has 2 unspecified atom stereocenters. The summed E-state index contributed by atoms with van der Waals surface area (Å²) in [5.74, 6) is 2.24. The minimum atomic E-state index is 0.0401. The van der Waals surface area contributed by atoms with Gasteiger partial charge in [-0.1, -0.05) is 49.4 Å². The van der Waals surface area contributed by atoms with Crippen molar-refractivity contribution in [2.24, 2.45) is 11.8 Å². The van der Waals surface area contributed by atoms with Gasteiger partial charge in [0.05, 0.1) is 5.69 Å². The van der Waals surface area contributed by atoms with Crippen LogP contribution in [0, 0.1) is 11.8 Å². The first-order valence-corrected chi connectivity index (χ1v) is 10.3. The second-order valence-corrected chi connectivity index (χ2v) is 7.76. The van der Waals surface area contributed by atoms with E-state index >= 15 is 0 Å². The lowest BCUT2D eigenvalue weighted by Gasteiger charge is -2.28. The molecule has 4 rings (SSSR count). The normalized spacial score (nSPS) is 17.6. The molecular formula is C23H27N5O. The van der Waals surface area contributed by atoms with Gasteiger partial charge in [0.2, 0.25) is 5.91 Å². The molecule has 6 nitrogen and oxygen atoms in total. The van der Waals surface area contributed by atoms with Crippen LogP contribution >= 0.6 is 0 Å². The van der Waals surface area contributed by atoms with Crippen molar-refractivity contribution in [3.05, 3.63) is 54.6 Å². The summed E-state index contributed by atoms with van der Waals surface area (Å²) < 4.78 is 0. The number of rotatable bonds is 6. The Morgan fingerprint density at radius 2 is 1.97 bits per heavy atom. The number of benzene rings is 2. The third-order valence-corrected chi connectivity index (χ3v) is 5.62. The fourth-order valence-corrected chi connectivity index (χ4v) is 3.92. The average molecular weight is 390 g/mol. The summed E-state index contributed by atoms with van der Waals surface area (Å²) in [6.07, 6.45) is 2.90. The number of nitrogens with zero attached hydrogens (tertiary/aromatic N) is 2. The van der Waals surface area contributed by atoms with E-state index in [0.29, 0.717) is 29.9 Å². The summed E-state index contributed by atoms with van der Waals surface area (Å²) >= 11 is 0. The van der Waals surface area contributed by atoms with Gasteiger partial charge in [0.15, 0.2) is 11.6 Å². The molecule has 0 bridgehead atoms. The van der Waals surface area contributed by atoms with E-state index < -0.39 is 0 Å². The molecule has 6 heteroatoms. The number of para-hydroxylation sites is 1. The number of piperidine rings is 1. The van der Waals surface area contributed by atoms with Crippen LogP contribution in [0.1, 0.15) is 26.2 Å².